The quantitative estimate of drug-likeness (QED) is 0.867. The fourth-order valence-electron chi connectivity index (χ4n) is 1.87. The van der Waals surface area contributed by atoms with E-state index >= 15 is 0 Å². The minimum Gasteiger partial charge on any atom is -0.475 e. The van der Waals surface area contributed by atoms with E-state index in [4.69, 9.17) is 4.74 Å². The molecule has 0 aliphatic carbocycles. The molecule has 1 aliphatic heterocycles. The molecule has 2 heterocycles. The van der Waals surface area contributed by atoms with E-state index in [1.165, 1.54) is 25.6 Å². The van der Waals surface area contributed by atoms with E-state index < -0.39 is 0 Å². The van der Waals surface area contributed by atoms with Crippen LogP contribution >= 0.6 is 0 Å². The van der Waals surface area contributed by atoms with Gasteiger partial charge in [0.25, 0.3) is 0 Å². The van der Waals surface area contributed by atoms with Gasteiger partial charge in [0.15, 0.2) is 0 Å². The summed E-state index contributed by atoms with van der Waals surface area (Å²) in [5.74, 6) is 1.42. The third kappa shape index (κ3) is 3.85. The first-order valence-corrected chi connectivity index (χ1v) is 6.24. The van der Waals surface area contributed by atoms with Crippen LogP contribution in [0, 0.1) is 0 Å². The fourth-order valence-corrected chi connectivity index (χ4v) is 1.87. The van der Waals surface area contributed by atoms with Gasteiger partial charge in [-0.25, -0.2) is 15.0 Å². The van der Waals surface area contributed by atoms with Crippen molar-refractivity contribution in [2.75, 3.05) is 18.5 Å². The van der Waals surface area contributed by atoms with Crippen LogP contribution in [0.15, 0.2) is 12.4 Å². The molecule has 94 valence electrons. The Bertz CT molecular complexity index is 350. The van der Waals surface area contributed by atoms with Crippen LogP contribution < -0.4 is 10.2 Å². The van der Waals surface area contributed by atoms with Gasteiger partial charge in [0.1, 0.15) is 12.1 Å². The highest BCUT2D eigenvalue weighted by Gasteiger charge is 2.10. The SMILES string of the molecule is CC(C)Oc1cc(NN2CCCCC2)ncn1. The highest BCUT2D eigenvalue weighted by atomic mass is 16.5. The number of hydrogen-bond acceptors (Lipinski definition) is 5. The maximum atomic E-state index is 5.53. The van der Waals surface area contributed by atoms with Gasteiger partial charge in [0.05, 0.1) is 6.10 Å². The van der Waals surface area contributed by atoms with Crippen LogP contribution in [0.25, 0.3) is 0 Å². The van der Waals surface area contributed by atoms with Crippen LogP contribution in [0.2, 0.25) is 0 Å². The van der Waals surface area contributed by atoms with Gasteiger partial charge in [0.2, 0.25) is 5.88 Å². The predicted octanol–water partition coefficient (Wildman–Crippen LogP) is 2.08. The molecule has 2 rings (SSSR count). The smallest absolute Gasteiger partial charge is 0.218 e. The molecule has 0 bridgehead atoms. The Kier molecular flexibility index (Phi) is 4.14. The van der Waals surface area contributed by atoms with E-state index in [9.17, 15) is 0 Å². The Morgan fingerprint density at radius 1 is 1.24 bits per heavy atom. The molecular formula is C12H20N4O. The van der Waals surface area contributed by atoms with Crippen molar-refractivity contribution in [2.24, 2.45) is 0 Å². The van der Waals surface area contributed by atoms with Crippen LogP contribution in [0.3, 0.4) is 0 Å². The number of nitrogens with zero attached hydrogens (tertiary/aromatic N) is 3. The van der Waals surface area contributed by atoms with E-state index in [2.05, 4.69) is 20.4 Å². The second-order valence-corrected chi connectivity index (χ2v) is 4.57. The largest absolute Gasteiger partial charge is 0.475 e. The number of anilines is 1. The summed E-state index contributed by atoms with van der Waals surface area (Å²) in [6.45, 7) is 6.12. The summed E-state index contributed by atoms with van der Waals surface area (Å²) in [6.07, 6.45) is 5.47. The number of ether oxygens (including phenoxy) is 1. The lowest BCUT2D eigenvalue weighted by Crippen LogP contribution is -2.35. The van der Waals surface area contributed by atoms with Crippen LogP contribution in [0.5, 0.6) is 5.88 Å². The van der Waals surface area contributed by atoms with Crippen molar-refractivity contribution in [1.29, 1.82) is 0 Å². The summed E-state index contributed by atoms with van der Waals surface area (Å²) >= 11 is 0. The Morgan fingerprint density at radius 2 is 2.00 bits per heavy atom. The van der Waals surface area contributed by atoms with Crippen molar-refractivity contribution in [2.45, 2.75) is 39.2 Å². The average Bonchev–Trinajstić information content (AvgIpc) is 2.30. The number of nitrogens with one attached hydrogen (secondary N) is 1. The second kappa shape index (κ2) is 5.82. The highest BCUT2D eigenvalue weighted by Crippen LogP contribution is 2.15. The summed E-state index contributed by atoms with van der Waals surface area (Å²) in [5, 5.41) is 2.20. The molecule has 0 unspecified atom stereocenters. The topological polar surface area (TPSA) is 50.3 Å². The lowest BCUT2D eigenvalue weighted by Gasteiger charge is -2.27. The summed E-state index contributed by atoms with van der Waals surface area (Å²) in [4.78, 5) is 8.28. The zero-order valence-electron chi connectivity index (χ0n) is 10.5. The van der Waals surface area contributed by atoms with Crippen LogP contribution in [0.4, 0.5) is 5.82 Å². The highest BCUT2D eigenvalue weighted by molar-refractivity contribution is 5.36. The van der Waals surface area contributed by atoms with Gasteiger partial charge in [-0.1, -0.05) is 6.42 Å². The minimum absolute atomic E-state index is 0.132. The standard InChI is InChI=1S/C12H20N4O/c1-10(2)17-12-8-11(13-9-14-12)15-16-6-4-3-5-7-16/h8-10H,3-7H2,1-2H3,(H,13,14,15). The third-order valence-corrected chi connectivity index (χ3v) is 2.63. The zero-order chi connectivity index (χ0) is 12.1. The average molecular weight is 236 g/mol. The minimum atomic E-state index is 0.132. The Hall–Kier alpha value is -1.36. The van der Waals surface area contributed by atoms with Crippen molar-refractivity contribution in [3.05, 3.63) is 12.4 Å². The molecule has 17 heavy (non-hydrogen) atoms. The molecule has 5 heteroatoms. The molecule has 1 aromatic heterocycles. The third-order valence-electron chi connectivity index (χ3n) is 2.63. The molecule has 1 N–H and O–H groups in total. The van der Waals surface area contributed by atoms with E-state index in [1.807, 2.05) is 19.9 Å². The number of piperidine rings is 1. The van der Waals surface area contributed by atoms with Crippen molar-refractivity contribution in [1.82, 2.24) is 15.0 Å². The van der Waals surface area contributed by atoms with Gasteiger partial charge < -0.3 is 10.2 Å². The maximum Gasteiger partial charge on any atom is 0.218 e. The molecule has 1 saturated heterocycles. The van der Waals surface area contributed by atoms with Gasteiger partial charge >= 0.3 is 0 Å². The molecule has 0 radical (unpaired) electrons. The number of aromatic nitrogens is 2. The molecule has 0 saturated carbocycles. The second-order valence-electron chi connectivity index (χ2n) is 4.57. The van der Waals surface area contributed by atoms with Crippen molar-refractivity contribution in [3.63, 3.8) is 0 Å². The number of hydrogen-bond donors (Lipinski definition) is 1. The van der Waals surface area contributed by atoms with Gasteiger partial charge in [-0.05, 0) is 26.7 Å². The molecule has 0 aromatic carbocycles. The van der Waals surface area contributed by atoms with E-state index in [1.54, 1.807) is 0 Å². The van der Waals surface area contributed by atoms with Gasteiger partial charge in [0, 0.05) is 19.2 Å². The first-order chi connectivity index (χ1) is 8.24. The summed E-state index contributed by atoms with van der Waals surface area (Å²) in [5.41, 5.74) is 3.30. The molecule has 0 amide bonds. The fraction of sp³-hybridized carbons (Fsp3) is 0.667. The summed E-state index contributed by atoms with van der Waals surface area (Å²) < 4.78 is 5.53. The first-order valence-electron chi connectivity index (χ1n) is 6.24. The number of rotatable bonds is 4. The molecule has 0 spiro atoms. The van der Waals surface area contributed by atoms with Crippen molar-refractivity contribution < 1.29 is 4.74 Å². The molecular weight excluding hydrogens is 216 g/mol. The van der Waals surface area contributed by atoms with Crippen molar-refractivity contribution >= 4 is 5.82 Å². The molecule has 1 fully saturated rings. The Balaban J connectivity index is 1.95. The van der Waals surface area contributed by atoms with Crippen LogP contribution in [-0.4, -0.2) is 34.2 Å². The monoisotopic (exact) mass is 236 g/mol. The van der Waals surface area contributed by atoms with Gasteiger partial charge in [-0.3, -0.25) is 0 Å². The lowest BCUT2D eigenvalue weighted by molar-refractivity contribution is 0.231. The number of hydrazine groups is 1. The van der Waals surface area contributed by atoms with E-state index in [-0.39, 0.29) is 6.10 Å². The zero-order valence-corrected chi connectivity index (χ0v) is 10.5. The summed E-state index contributed by atoms with van der Waals surface area (Å²) in [7, 11) is 0. The predicted molar refractivity (Wildman–Crippen MR) is 66.8 cm³/mol. The lowest BCUT2D eigenvalue weighted by atomic mass is 10.2. The van der Waals surface area contributed by atoms with Crippen LogP contribution in [-0.2, 0) is 0 Å². The van der Waals surface area contributed by atoms with E-state index in [0.29, 0.717) is 5.88 Å². The molecule has 1 aromatic rings. The maximum absolute atomic E-state index is 5.53. The van der Waals surface area contributed by atoms with Gasteiger partial charge in [-0.2, -0.15) is 0 Å². The normalized spacial score (nSPS) is 17.1. The molecule has 1 aliphatic rings. The Labute approximate surface area is 102 Å². The van der Waals surface area contributed by atoms with Gasteiger partial charge in [-0.15, -0.1) is 0 Å². The van der Waals surface area contributed by atoms with Crippen LogP contribution in [0.1, 0.15) is 33.1 Å². The molecule has 0 atom stereocenters. The molecule has 5 nitrogen and oxygen atoms in total. The summed E-state index contributed by atoms with van der Waals surface area (Å²) in [6, 6.07) is 1.84. The Morgan fingerprint density at radius 3 is 2.71 bits per heavy atom. The first kappa shape index (κ1) is 12.1. The van der Waals surface area contributed by atoms with E-state index in [0.717, 1.165) is 18.9 Å². The van der Waals surface area contributed by atoms with Crippen molar-refractivity contribution in [3.8, 4) is 5.88 Å².